The van der Waals surface area contributed by atoms with Crippen molar-refractivity contribution in [2.24, 2.45) is 17.6 Å². The summed E-state index contributed by atoms with van der Waals surface area (Å²) in [5.74, 6) is -1.20. The second-order valence-corrected chi connectivity index (χ2v) is 7.70. The summed E-state index contributed by atoms with van der Waals surface area (Å²) in [6.45, 7) is 5.62. The van der Waals surface area contributed by atoms with Crippen LogP contribution in [0.5, 0.6) is 0 Å². The number of primary amides is 1. The van der Waals surface area contributed by atoms with Crippen molar-refractivity contribution in [3.63, 3.8) is 0 Å². The Kier molecular flexibility index (Phi) is 5.63. The van der Waals surface area contributed by atoms with Crippen molar-refractivity contribution in [1.29, 1.82) is 0 Å². The Morgan fingerprint density at radius 2 is 1.96 bits per heavy atom. The summed E-state index contributed by atoms with van der Waals surface area (Å²) in [4.78, 5) is 41.2. The number of aryl methyl sites for hydroxylation is 1. The second-order valence-electron chi connectivity index (χ2n) is 7.70. The molecular weight excluding hydrogens is 358 g/mol. The normalized spacial score (nSPS) is 17.1. The first kappa shape index (κ1) is 19.8. The minimum Gasteiger partial charge on any atom is -0.448 e. The molecule has 3 amide bonds. The van der Waals surface area contributed by atoms with E-state index in [0.29, 0.717) is 16.9 Å². The quantitative estimate of drug-likeness (QED) is 0.789. The molecule has 0 aliphatic heterocycles. The number of carbonyl (C=O) groups excluding carboxylic acids is 3. The lowest BCUT2D eigenvalue weighted by Crippen LogP contribution is -2.45. The molecule has 0 saturated heterocycles. The molecule has 1 aromatic heterocycles. The molecular formula is C21H25N3O4. The van der Waals surface area contributed by atoms with Crippen molar-refractivity contribution < 1.29 is 19.1 Å². The van der Waals surface area contributed by atoms with Gasteiger partial charge in [-0.15, -0.1) is 0 Å². The number of benzene rings is 1. The Morgan fingerprint density at radius 3 is 2.64 bits per heavy atom. The summed E-state index contributed by atoms with van der Waals surface area (Å²) in [5.41, 5.74) is 8.02. The molecule has 3 rings (SSSR count). The molecule has 2 atom stereocenters. The fourth-order valence-electron chi connectivity index (χ4n) is 3.65. The third-order valence-corrected chi connectivity index (χ3v) is 5.05. The zero-order valence-electron chi connectivity index (χ0n) is 16.3. The molecule has 148 valence electrons. The van der Waals surface area contributed by atoms with Crippen LogP contribution in [0, 0.1) is 11.8 Å². The molecule has 0 unspecified atom stereocenters. The number of amides is 3. The number of urea groups is 1. The summed E-state index contributed by atoms with van der Waals surface area (Å²) in [6, 6.07) is 6.45. The molecule has 1 heterocycles. The lowest BCUT2D eigenvalue weighted by Gasteiger charge is -2.25. The van der Waals surface area contributed by atoms with Crippen LogP contribution >= 0.6 is 0 Å². The highest BCUT2D eigenvalue weighted by Crippen LogP contribution is 2.32. The summed E-state index contributed by atoms with van der Waals surface area (Å²) in [7, 11) is 0. The molecule has 7 heteroatoms. The predicted octanol–water partition coefficient (Wildman–Crippen LogP) is 2.74. The molecule has 0 radical (unpaired) electrons. The third kappa shape index (κ3) is 3.98. The van der Waals surface area contributed by atoms with Crippen LogP contribution in [0.4, 0.5) is 4.79 Å². The van der Waals surface area contributed by atoms with Crippen LogP contribution in [-0.2, 0) is 22.4 Å². The Labute approximate surface area is 163 Å². The molecule has 0 bridgehead atoms. The Balaban J connectivity index is 2.04. The van der Waals surface area contributed by atoms with Crippen molar-refractivity contribution in [1.82, 2.24) is 10.3 Å². The molecule has 0 fully saturated rings. The Morgan fingerprint density at radius 1 is 1.25 bits per heavy atom. The number of aromatic nitrogens is 1. The molecule has 1 aliphatic carbocycles. The molecule has 1 aromatic carbocycles. The fourth-order valence-corrected chi connectivity index (χ4v) is 3.65. The minimum absolute atomic E-state index is 0.328. The van der Waals surface area contributed by atoms with Crippen LogP contribution in [0.2, 0.25) is 0 Å². The van der Waals surface area contributed by atoms with Crippen LogP contribution in [0.25, 0.3) is 10.9 Å². The summed E-state index contributed by atoms with van der Waals surface area (Å²) in [6.07, 6.45) is 1.43. The van der Waals surface area contributed by atoms with Crippen molar-refractivity contribution in [3.8, 4) is 0 Å². The van der Waals surface area contributed by atoms with Gasteiger partial charge in [-0.25, -0.2) is 9.59 Å². The molecule has 2 aromatic rings. The van der Waals surface area contributed by atoms with Gasteiger partial charge in [-0.2, -0.15) is 0 Å². The average Bonchev–Trinajstić information content (AvgIpc) is 2.63. The van der Waals surface area contributed by atoms with E-state index in [2.05, 4.69) is 6.92 Å². The minimum atomic E-state index is -1.12. The zero-order chi connectivity index (χ0) is 20.4. The van der Waals surface area contributed by atoms with E-state index in [1.54, 1.807) is 13.8 Å². The molecule has 3 N–H and O–H groups in total. The van der Waals surface area contributed by atoms with Gasteiger partial charge in [0.2, 0.25) is 0 Å². The Hall–Kier alpha value is -2.96. The number of rotatable bonds is 4. The van der Waals surface area contributed by atoms with Crippen molar-refractivity contribution in [2.45, 2.75) is 46.1 Å². The zero-order valence-corrected chi connectivity index (χ0v) is 16.3. The lowest BCUT2D eigenvalue weighted by atomic mass is 9.84. The van der Waals surface area contributed by atoms with Crippen LogP contribution in [-0.4, -0.2) is 29.0 Å². The first-order chi connectivity index (χ1) is 13.3. The largest absolute Gasteiger partial charge is 0.448 e. The number of hydrogen-bond donors (Lipinski definition) is 2. The lowest BCUT2D eigenvalue weighted by molar-refractivity contribution is -0.130. The van der Waals surface area contributed by atoms with Crippen LogP contribution in [0.1, 0.15) is 48.8 Å². The number of para-hydroxylation sites is 1. The summed E-state index contributed by atoms with van der Waals surface area (Å²) < 4.78 is 5.58. The van der Waals surface area contributed by atoms with E-state index in [-0.39, 0.29) is 5.92 Å². The van der Waals surface area contributed by atoms with E-state index < -0.39 is 24.0 Å². The van der Waals surface area contributed by atoms with Gasteiger partial charge in [-0.3, -0.25) is 15.1 Å². The van der Waals surface area contributed by atoms with Gasteiger partial charge in [-0.05, 0) is 42.7 Å². The number of ether oxygens (including phenoxy) is 1. The van der Waals surface area contributed by atoms with Gasteiger partial charge in [0.1, 0.15) is 0 Å². The summed E-state index contributed by atoms with van der Waals surface area (Å²) >= 11 is 0. The van der Waals surface area contributed by atoms with E-state index in [1.807, 2.05) is 29.6 Å². The highest BCUT2D eigenvalue weighted by Gasteiger charge is 2.31. The molecule has 28 heavy (non-hydrogen) atoms. The van der Waals surface area contributed by atoms with E-state index in [1.165, 1.54) is 0 Å². The highest BCUT2D eigenvalue weighted by molar-refractivity contribution is 6.06. The average molecular weight is 383 g/mol. The number of nitrogens with two attached hydrogens (primary N) is 1. The smallest absolute Gasteiger partial charge is 0.339 e. The standard InChI is InChI=1S/C21H25N3O4/c1-11(2)18(19(25)24-21(22)27)28-20(26)17-13-6-4-5-7-15(13)23-16-9-8-12(3)10-14(16)17/h4-7,11-12,18H,8-10H2,1-3H3,(H3,22,24,25,27)/t12-,18-/m0/s1. The number of esters is 1. The van der Waals surface area contributed by atoms with Crippen LogP contribution < -0.4 is 11.1 Å². The van der Waals surface area contributed by atoms with E-state index in [0.717, 1.165) is 36.0 Å². The van der Waals surface area contributed by atoms with Crippen molar-refractivity contribution in [2.75, 3.05) is 0 Å². The fraction of sp³-hybridized carbons (Fsp3) is 0.429. The molecule has 7 nitrogen and oxygen atoms in total. The molecule has 0 saturated carbocycles. The van der Waals surface area contributed by atoms with Gasteiger partial charge in [0.15, 0.2) is 6.10 Å². The number of hydrogen-bond acceptors (Lipinski definition) is 5. The maximum Gasteiger partial charge on any atom is 0.339 e. The third-order valence-electron chi connectivity index (χ3n) is 5.05. The number of imide groups is 1. The number of nitrogens with zero attached hydrogens (tertiary/aromatic N) is 1. The van der Waals surface area contributed by atoms with Crippen molar-refractivity contribution >= 4 is 28.8 Å². The first-order valence-corrected chi connectivity index (χ1v) is 9.49. The van der Waals surface area contributed by atoms with Gasteiger partial charge in [0.05, 0.1) is 11.1 Å². The number of fused-ring (bicyclic) bond motifs is 2. The second kappa shape index (κ2) is 7.96. The van der Waals surface area contributed by atoms with Gasteiger partial charge in [-0.1, -0.05) is 39.0 Å². The van der Waals surface area contributed by atoms with E-state index >= 15 is 0 Å². The monoisotopic (exact) mass is 383 g/mol. The first-order valence-electron chi connectivity index (χ1n) is 9.49. The van der Waals surface area contributed by atoms with Crippen LogP contribution in [0.15, 0.2) is 24.3 Å². The van der Waals surface area contributed by atoms with Gasteiger partial charge in [0.25, 0.3) is 5.91 Å². The van der Waals surface area contributed by atoms with E-state index in [9.17, 15) is 14.4 Å². The maximum atomic E-state index is 13.2. The molecule has 0 spiro atoms. The maximum absolute atomic E-state index is 13.2. The van der Waals surface area contributed by atoms with Crippen molar-refractivity contribution in [3.05, 3.63) is 41.1 Å². The van der Waals surface area contributed by atoms with Gasteiger partial charge in [0, 0.05) is 11.1 Å². The topological polar surface area (TPSA) is 111 Å². The van der Waals surface area contributed by atoms with Crippen LogP contribution in [0.3, 0.4) is 0 Å². The number of carbonyl (C=O) groups is 3. The van der Waals surface area contributed by atoms with Gasteiger partial charge < -0.3 is 10.5 Å². The predicted molar refractivity (Wildman–Crippen MR) is 105 cm³/mol. The van der Waals surface area contributed by atoms with E-state index in [4.69, 9.17) is 15.5 Å². The molecule has 1 aliphatic rings. The number of pyridine rings is 1. The SMILES string of the molecule is CC(C)[C@H](OC(=O)c1c2c(nc3ccccc13)CC[C@H](C)C2)C(=O)NC(N)=O. The summed E-state index contributed by atoms with van der Waals surface area (Å²) in [5, 5.41) is 2.70. The number of nitrogens with one attached hydrogen (secondary N) is 1. The van der Waals surface area contributed by atoms with Gasteiger partial charge >= 0.3 is 12.0 Å². The Bertz CT molecular complexity index is 939. The highest BCUT2D eigenvalue weighted by atomic mass is 16.5.